The van der Waals surface area contributed by atoms with Crippen molar-refractivity contribution in [1.82, 2.24) is 5.32 Å². The highest BCUT2D eigenvalue weighted by Crippen LogP contribution is 2.26. The Labute approximate surface area is 292 Å². The van der Waals surface area contributed by atoms with Gasteiger partial charge in [-0.2, -0.15) is 0 Å². The van der Waals surface area contributed by atoms with Crippen molar-refractivity contribution in [3.8, 4) is 0 Å². The molecule has 1 N–H and O–H groups in total. The van der Waals surface area contributed by atoms with Gasteiger partial charge in [-0.1, -0.05) is 180 Å². The smallest absolute Gasteiger partial charge is 0.253 e. The predicted octanol–water partition coefficient (Wildman–Crippen LogP) is 11.7. The molecule has 1 amide bonds. The molecule has 0 aromatic rings. The molecular weight excluding hydrogens is 586 g/mol. The maximum Gasteiger partial charge on any atom is 0.253 e. The van der Waals surface area contributed by atoms with Gasteiger partial charge in [0.25, 0.3) is 5.91 Å². The largest absolute Gasteiger partial charge is 0.359 e. The molecule has 1 saturated heterocycles. The number of methoxy groups -OCH3 is 1. The standard InChI is InChI=1S/C41H79NO5/c1-6-8-10-12-14-16-18-20-22-24-26-28-30-32-34-39(45-36-44-5)40(43)42-37-35-46-41(3,4)47-38(37)33-31-29-27-25-23-21-19-17-15-13-11-9-7-2/h32,34,37-39H,6-31,33,35-36H2,1-5H3,(H,42,43)/b34-32-/t37-,38+,39+/m0/s1. The second-order valence-corrected chi connectivity index (χ2v) is 14.6. The van der Waals surface area contributed by atoms with E-state index in [-0.39, 0.29) is 24.8 Å². The summed E-state index contributed by atoms with van der Waals surface area (Å²) in [5.74, 6) is -0.789. The second-order valence-electron chi connectivity index (χ2n) is 14.6. The first-order valence-electron chi connectivity index (χ1n) is 20.3. The number of nitrogens with one attached hydrogen (secondary N) is 1. The van der Waals surface area contributed by atoms with E-state index in [1.807, 2.05) is 19.9 Å². The summed E-state index contributed by atoms with van der Waals surface area (Å²) in [6.07, 6.45) is 38.6. The molecule has 278 valence electrons. The Morgan fingerprint density at radius 3 is 1.64 bits per heavy atom. The third kappa shape index (κ3) is 25.7. The van der Waals surface area contributed by atoms with Gasteiger partial charge in [0.1, 0.15) is 6.79 Å². The summed E-state index contributed by atoms with van der Waals surface area (Å²) in [5, 5.41) is 3.19. The first-order valence-corrected chi connectivity index (χ1v) is 20.3. The van der Waals surface area contributed by atoms with Crippen LogP contribution < -0.4 is 5.32 Å². The van der Waals surface area contributed by atoms with Crippen LogP contribution in [0.1, 0.15) is 201 Å². The van der Waals surface area contributed by atoms with Crippen LogP contribution in [0, 0.1) is 0 Å². The molecule has 1 aliphatic rings. The summed E-state index contributed by atoms with van der Waals surface area (Å²) in [6, 6.07) is -0.189. The number of ether oxygens (including phenoxy) is 4. The monoisotopic (exact) mass is 666 g/mol. The van der Waals surface area contributed by atoms with E-state index in [9.17, 15) is 4.79 Å². The van der Waals surface area contributed by atoms with Crippen LogP contribution in [0.5, 0.6) is 0 Å². The van der Waals surface area contributed by atoms with E-state index in [1.165, 1.54) is 148 Å². The SMILES string of the molecule is CCCCCCCCCCCCCC/C=C\[C@@H](OCOC)C(=O)N[C@H]1COC(C)(C)O[C@@H]1CCCCCCCCCCCCCCC. The van der Waals surface area contributed by atoms with E-state index in [0.717, 1.165) is 25.7 Å². The van der Waals surface area contributed by atoms with Crippen LogP contribution in [0.15, 0.2) is 12.2 Å². The highest BCUT2D eigenvalue weighted by molar-refractivity contribution is 5.83. The third-order valence-corrected chi connectivity index (χ3v) is 9.57. The summed E-state index contributed by atoms with van der Waals surface area (Å²) in [5.41, 5.74) is 0. The molecule has 0 aromatic heterocycles. The number of carbonyl (C=O) groups excluding carboxylic acids is 1. The predicted molar refractivity (Wildman–Crippen MR) is 199 cm³/mol. The molecule has 0 unspecified atom stereocenters. The van der Waals surface area contributed by atoms with Crippen molar-refractivity contribution in [3.63, 3.8) is 0 Å². The third-order valence-electron chi connectivity index (χ3n) is 9.57. The molecule has 0 spiro atoms. The van der Waals surface area contributed by atoms with E-state index in [2.05, 4.69) is 25.2 Å². The molecule has 0 aromatic carbocycles. The van der Waals surface area contributed by atoms with Crippen molar-refractivity contribution in [2.75, 3.05) is 20.5 Å². The van der Waals surface area contributed by atoms with E-state index >= 15 is 0 Å². The van der Waals surface area contributed by atoms with Crippen molar-refractivity contribution >= 4 is 5.91 Å². The summed E-state index contributed by atoms with van der Waals surface area (Å²) in [7, 11) is 1.58. The Morgan fingerprint density at radius 2 is 1.17 bits per heavy atom. The topological polar surface area (TPSA) is 66.0 Å². The van der Waals surface area contributed by atoms with Gasteiger partial charge in [-0.05, 0) is 33.1 Å². The summed E-state index contributed by atoms with van der Waals surface area (Å²) in [6.45, 7) is 9.01. The van der Waals surface area contributed by atoms with Gasteiger partial charge in [-0.3, -0.25) is 4.79 Å². The van der Waals surface area contributed by atoms with Gasteiger partial charge < -0.3 is 24.3 Å². The van der Waals surface area contributed by atoms with Crippen LogP contribution in [0.2, 0.25) is 0 Å². The van der Waals surface area contributed by atoms with Crippen molar-refractivity contribution < 1.29 is 23.7 Å². The molecule has 1 rings (SSSR count). The van der Waals surface area contributed by atoms with Crippen molar-refractivity contribution in [2.45, 2.75) is 225 Å². The molecule has 0 radical (unpaired) electrons. The average Bonchev–Trinajstić information content (AvgIpc) is 3.05. The zero-order valence-electron chi connectivity index (χ0n) is 31.9. The molecule has 1 fully saturated rings. The van der Waals surface area contributed by atoms with Gasteiger partial charge in [-0.25, -0.2) is 0 Å². The first-order chi connectivity index (χ1) is 22.9. The maximum absolute atomic E-state index is 13.3. The molecule has 3 atom stereocenters. The highest BCUT2D eigenvalue weighted by atomic mass is 16.7. The average molecular weight is 666 g/mol. The van der Waals surface area contributed by atoms with Gasteiger partial charge >= 0.3 is 0 Å². The van der Waals surface area contributed by atoms with Crippen molar-refractivity contribution in [2.24, 2.45) is 0 Å². The van der Waals surface area contributed by atoms with E-state index in [4.69, 9.17) is 18.9 Å². The van der Waals surface area contributed by atoms with Crippen molar-refractivity contribution in [3.05, 3.63) is 12.2 Å². The van der Waals surface area contributed by atoms with Gasteiger partial charge in [-0.15, -0.1) is 0 Å². The summed E-state index contributed by atoms with van der Waals surface area (Å²) < 4.78 is 23.2. The zero-order chi connectivity index (χ0) is 34.3. The molecule has 1 aliphatic heterocycles. The molecule has 6 heteroatoms. The lowest BCUT2D eigenvalue weighted by Crippen LogP contribution is -2.57. The van der Waals surface area contributed by atoms with Crippen LogP contribution in [0.25, 0.3) is 0 Å². The molecule has 0 saturated carbocycles. The summed E-state index contributed by atoms with van der Waals surface area (Å²) >= 11 is 0. The maximum atomic E-state index is 13.3. The van der Waals surface area contributed by atoms with Crippen LogP contribution >= 0.6 is 0 Å². The van der Waals surface area contributed by atoms with E-state index < -0.39 is 11.9 Å². The number of rotatable bonds is 33. The van der Waals surface area contributed by atoms with Crippen LogP contribution in [-0.4, -0.2) is 50.5 Å². The quantitative estimate of drug-likeness (QED) is 0.0429. The Kier molecular flexibility index (Phi) is 29.1. The van der Waals surface area contributed by atoms with E-state index in [1.54, 1.807) is 7.11 Å². The number of carbonyl (C=O) groups is 1. The van der Waals surface area contributed by atoms with E-state index in [0.29, 0.717) is 6.61 Å². The Balaban J connectivity index is 2.32. The number of unbranched alkanes of at least 4 members (excludes halogenated alkanes) is 24. The van der Waals surface area contributed by atoms with Crippen LogP contribution in [0.3, 0.4) is 0 Å². The number of amides is 1. The summed E-state index contributed by atoms with van der Waals surface area (Å²) in [4.78, 5) is 13.3. The Morgan fingerprint density at radius 1 is 0.723 bits per heavy atom. The van der Waals surface area contributed by atoms with Gasteiger partial charge in [0.2, 0.25) is 0 Å². The lowest BCUT2D eigenvalue weighted by molar-refractivity contribution is -0.283. The molecule has 1 heterocycles. The van der Waals surface area contributed by atoms with Gasteiger partial charge in [0.15, 0.2) is 11.9 Å². The molecule has 47 heavy (non-hydrogen) atoms. The lowest BCUT2D eigenvalue weighted by atomic mass is 10.00. The number of hydrogen-bond donors (Lipinski definition) is 1. The highest BCUT2D eigenvalue weighted by Gasteiger charge is 2.37. The fourth-order valence-corrected chi connectivity index (χ4v) is 6.58. The molecule has 6 nitrogen and oxygen atoms in total. The molecule has 0 aliphatic carbocycles. The normalized spacial score (nSPS) is 18.6. The van der Waals surface area contributed by atoms with Crippen molar-refractivity contribution in [1.29, 1.82) is 0 Å². The minimum Gasteiger partial charge on any atom is -0.359 e. The van der Waals surface area contributed by atoms with Crippen LogP contribution in [-0.2, 0) is 23.7 Å². The van der Waals surface area contributed by atoms with Crippen LogP contribution in [0.4, 0.5) is 0 Å². The Bertz CT molecular complexity index is 727. The number of allylic oxidation sites excluding steroid dienone is 1. The lowest BCUT2D eigenvalue weighted by Gasteiger charge is -2.41. The molecular formula is C41H79NO5. The van der Waals surface area contributed by atoms with Gasteiger partial charge in [0, 0.05) is 7.11 Å². The zero-order valence-corrected chi connectivity index (χ0v) is 31.9. The fraction of sp³-hybridized carbons (Fsp3) is 0.927. The Hall–Kier alpha value is -0.950. The minimum atomic E-state index is -0.681. The minimum absolute atomic E-state index is 0.0662. The molecule has 0 bridgehead atoms. The van der Waals surface area contributed by atoms with Gasteiger partial charge in [0.05, 0.1) is 18.8 Å². The fourth-order valence-electron chi connectivity index (χ4n) is 6.58. The number of hydrogen-bond acceptors (Lipinski definition) is 5. The second kappa shape index (κ2) is 31.1. The first kappa shape index (κ1) is 44.1.